The first-order valence-corrected chi connectivity index (χ1v) is 8.99. The van der Waals surface area contributed by atoms with Crippen LogP contribution in [0.25, 0.3) is 0 Å². The van der Waals surface area contributed by atoms with E-state index in [2.05, 4.69) is 4.99 Å². The average Bonchev–Trinajstić information content (AvgIpc) is 3.07. The van der Waals surface area contributed by atoms with Crippen LogP contribution in [0.5, 0.6) is 0 Å². The summed E-state index contributed by atoms with van der Waals surface area (Å²) in [6.07, 6.45) is 0. The van der Waals surface area contributed by atoms with Gasteiger partial charge in [-0.2, -0.15) is 0 Å². The number of aliphatic imine (C=N–C) groups is 1. The van der Waals surface area contributed by atoms with Gasteiger partial charge in [0.15, 0.2) is 5.17 Å². The molecular formula is C17H13ClFN3O3S. The molecule has 9 heteroatoms. The summed E-state index contributed by atoms with van der Waals surface area (Å²) in [5, 5.41) is 11.9. The predicted octanol–water partition coefficient (Wildman–Crippen LogP) is 4.13. The summed E-state index contributed by atoms with van der Waals surface area (Å²) in [6, 6.07) is 10.0. The Morgan fingerprint density at radius 2 is 2.15 bits per heavy atom. The van der Waals surface area contributed by atoms with Crippen molar-refractivity contribution in [1.29, 1.82) is 0 Å². The number of thioether (sulfide) groups is 1. The molecule has 26 heavy (non-hydrogen) atoms. The number of carbonyl (C=O) groups is 1. The van der Waals surface area contributed by atoms with Crippen LogP contribution < -0.4 is 0 Å². The van der Waals surface area contributed by atoms with E-state index in [1.165, 1.54) is 47.0 Å². The van der Waals surface area contributed by atoms with Crippen molar-refractivity contribution >= 4 is 40.1 Å². The van der Waals surface area contributed by atoms with E-state index >= 15 is 0 Å². The Morgan fingerprint density at radius 1 is 1.35 bits per heavy atom. The Hall–Kier alpha value is -2.45. The normalized spacial score (nSPS) is 13.6. The predicted molar refractivity (Wildman–Crippen MR) is 99.1 cm³/mol. The molecule has 2 aromatic carbocycles. The monoisotopic (exact) mass is 393 g/mol. The van der Waals surface area contributed by atoms with Crippen molar-refractivity contribution in [1.82, 2.24) is 4.90 Å². The van der Waals surface area contributed by atoms with Crippen LogP contribution in [0.15, 0.2) is 47.5 Å². The van der Waals surface area contributed by atoms with Crippen LogP contribution in [0, 0.1) is 15.9 Å². The van der Waals surface area contributed by atoms with Gasteiger partial charge in [-0.3, -0.25) is 24.8 Å². The third kappa shape index (κ3) is 4.03. The largest absolute Gasteiger partial charge is 0.285 e. The lowest BCUT2D eigenvalue weighted by Gasteiger charge is -2.18. The zero-order valence-electron chi connectivity index (χ0n) is 13.4. The summed E-state index contributed by atoms with van der Waals surface area (Å²) in [5.41, 5.74) is 0.370. The van der Waals surface area contributed by atoms with Crippen molar-refractivity contribution in [2.75, 3.05) is 13.1 Å². The molecule has 0 fully saturated rings. The van der Waals surface area contributed by atoms with Crippen LogP contribution in [0.1, 0.15) is 15.9 Å². The highest BCUT2D eigenvalue weighted by atomic mass is 35.5. The van der Waals surface area contributed by atoms with E-state index in [1.807, 2.05) is 0 Å². The molecule has 1 heterocycles. The number of carbonyl (C=O) groups excluding carboxylic acids is 1. The molecule has 0 aliphatic carbocycles. The van der Waals surface area contributed by atoms with Crippen LogP contribution in [0.2, 0.25) is 5.02 Å². The molecule has 2 aromatic rings. The van der Waals surface area contributed by atoms with E-state index < -0.39 is 10.8 Å². The number of amidine groups is 1. The lowest BCUT2D eigenvalue weighted by molar-refractivity contribution is -0.385. The third-order valence-electron chi connectivity index (χ3n) is 3.69. The van der Waals surface area contributed by atoms with Gasteiger partial charge in [0.05, 0.1) is 11.5 Å². The number of nitro benzene ring substituents is 1. The minimum Gasteiger partial charge on any atom is -0.285 e. The first-order chi connectivity index (χ1) is 12.5. The number of nitro groups is 1. The Kier molecular flexibility index (Phi) is 5.53. The molecule has 0 spiro atoms. The highest BCUT2D eigenvalue weighted by Crippen LogP contribution is 2.27. The summed E-state index contributed by atoms with van der Waals surface area (Å²) in [5.74, 6) is -0.431. The molecule has 0 atom stereocenters. The Morgan fingerprint density at radius 3 is 2.88 bits per heavy atom. The SMILES string of the molecule is O=C(c1cc(Cl)ccc1[N+](=O)[O-])N1CCN=C1SCc1cccc(F)c1. The van der Waals surface area contributed by atoms with Gasteiger partial charge in [-0.25, -0.2) is 4.39 Å². The van der Waals surface area contributed by atoms with Gasteiger partial charge >= 0.3 is 0 Å². The second kappa shape index (κ2) is 7.84. The van der Waals surface area contributed by atoms with Gasteiger partial charge in [0, 0.05) is 23.4 Å². The standard InChI is InChI=1S/C17H13ClFN3O3S/c18-12-4-5-15(22(24)25)14(9-12)16(23)21-7-6-20-17(21)26-10-11-2-1-3-13(19)8-11/h1-5,8-9H,6-7,10H2. The lowest BCUT2D eigenvalue weighted by Crippen LogP contribution is -2.33. The fourth-order valence-corrected chi connectivity index (χ4v) is 3.66. The van der Waals surface area contributed by atoms with Gasteiger partial charge in [0.2, 0.25) is 0 Å². The summed E-state index contributed by atoms with van der Waals surface area (Å²) < 4.78 is 13.3. The van der Waals surface area contributed by atoms with E-state index in [0.717, 1.165) is 5.56 Å². The molecular weight excluding hydrogens is 381 g/mol. The second-order valence-electron chi connectivity index (χ2n) is 5.46. The lowest BCUT2D eigenvalue weighted by atomic mass is 10.1. The topological polar surface area (TPSA) is 75.8 Å². The average molecular weight is 394 g/mol. The molecule has 0 saturated heterocycles. The number of nitrogens with zero attached hydrogens (tertiary/aromatic N) is 3. The fraction of sp³-hybridized carbons (Fsp3) is 0.176. The van der Waals surface area contributed by atoms with Crippen molar-refractivity contribution in [3.8, 4) is 0 Å². The number of hydrogen-bond donors (Lipinski definition) is 0. The molecule has 1 aliphatic heterocycles. The van der Waals surface area contributed by atoms with E-state index in [-0.39, 0.29) is 22.1 Å². The Bertz CT molecular complexity index is 907. The van der Waals surface area contributed by atoms with Crippen LogP contribution in [-0.4, -0.2) is 34.0 Å². The first kappa shape index (κ1) is 18.3. The highest BCUT2D eigenvalue weighted by Gasteiger charge is 2.30. The molecule has 0 bridgehead atoms. The van der Waals surface area contributed by atoms with Crippen LogP contribution in [0.3, 0.4) is 0 Å². The van der Waals surface area contributed by atoms with Crippen molar-refractivity contribution in [3.05, 3.63) is 74.5 Å². The van der Waals surface area contributed by atoms with E-state index in [0.29, 0.717) is 24.0 Å². The van der Waals surface area contributed by atoms with Crippen molar-refractivity contribution in [3.63, 3.8) is 0 Å². The Labute approximate surface area is 157 Å². The van der Waals surface area contributed by atoms with Gasteiger partial charge in [-0.1, -0.05) is 35.5 Å². The van der Waals surface area contributed by atoms with E-state index in [1.54, 1.807) is 12.1 Å². The van der Waals surface area contributed by atoms with Crippen molar-refractivity contribution in [2.24, 2.45) is 4.99 Å². The van der Waals surface area contributed by atoms with Gasteiger partial charge in [0.25, 0.3) is 11.6 Å². The van der Waals surface area contributed by atoms with Gasteiger partial charge in [0.1, 0.15) is 11.4 Å². The molecule has 0 aromatic heterocycles. The van der Waals surface area contributed by atoms with E-state index in [4.69, 9.17) is 11.6 Å². The fourth-order valence-electron chi connectivity index (χ4n) is 2.50. The van der Waals surface area contributed by atoms with Crippen LogP contribution >= 0.6 is 23.4 Å². The van der Waals surface area contributed by atoms with Crippen LogP contribution in [0.4, 0.5) is 10.1 Å². The van der Waals surface area contributed by atoms with Crippen molar-refractivity contribution < 1.29 is 14.1 Å². The zero-order chi connectivity index (χ0) is 18.7. The number of hydrogen-bond acceptors (Lipinski definition) is 5. The molecule has 0 unspecified atom stereocenters. The molecule has 1 amide bonds. The molecule has 0 saturated carbocycles. The molecule has 134 valence electrons. The maximum absolute atomic E-state index is 13.3. The number of halogens is 2. The van der Waals surface area contributed by atoms with Crippen molar-refractivity contribution in [2.45, 2.75) is 5.75 Å². The molecule has 0 N–H and O–H groups in total. The summed E-state index contributed by atoms with van der Waals surface area (Å²) >= 11 is 7.18. The summed E-state index contributed by atoms with van der Waals surface area (Å²) in [7, 11) is 0. The third-order valence-corrected chi connectivity index (χ3v) is 5.01. The Balaban J connectivity index is 1.78. The van der Waals surface area contributed by atoms with Gasteiger partial charge in [-0.05, 0) is 29.8 Å². The molecule has 6 nitrogen and oxygen atoms in total. The quantitative estimate of drug-likeness (QED) is 0.578. The first-order valence-electron chi connectivity index (χ1n) is 7.63. The van der Waals surface area contributed by atoms with E-state index in [9.17, 15) is 19.3 Å². The number of benzene rings is 2. The van der Waals surface area contributed by atoms with Crippen LogP contribution in [-0.2, 0) is 5.75 Å². The number of rotatable bonds is 4. The molecule has 0 radical (unpaired) electrons. The zero-order valence-corrected chi connectivity index (χ0v) is 15.0. The van der Waals surface area contributed by atoms with Gasteiger partial charge < -0.3 is 0 Å². The van der Waals surface area contributed by atoms with Gasteiger partial charge in [-0.15, -0.1) is 0 Å². The molecule has 3 rings (SSSR count). The summed E-state index contributed by atoms with van der Waals surface area (Å²) in [4.78, 5) is 29.1. The minimum absolute atomic E-state index is 0.0801. The maximum atomic E-state index is 13.3. The maximum Gasteiger partial charge on any atom is 0.282 e. The number of amides is 1. The smallest absolute Gasteiger partial charge is 0.282 e. The summed E-state index contributed by atoms with van der Waals surface area (Å²) in [6.45, 7) is 0.736. The second-order valence-corrected chi connectivity index (χ2v) is 6.84. The minimum atomic E-state index is -0.615. The molecule has 1 aliphatic rings. The highest BCUT2D eigenvalue weighted by molar-refractivity contribution is 8.13.